The van der Waals surface area contributed by atoms with Gasteiger partial charge in [-0.3, -0.25) is 0 Å². The van der Waals surface area contributed by atoms with Gasteiger partial charge < -0.3 is 9.53 Å². The number of hydrogen-bond acceptors (Lipinski definition) is 2. The number of aliphatic hydroxyl groups is 1. The molecule has 0 aromatic rings. The third kappa shape index (κ3) is 4.54. The first-order valence-electron chi connectivity index (χ1n) is 5.72. The summed E-state index contributed by atoms with van der Waals surface area (Å²) in [5, 5.41) is 9.44. The molecular weight excluding hydrogens is 216 g/mol. The quantitative estimate of drug-likeness (QED) is 0.461. The summed E-state index contributed by atoms with van der Waals surface area (Å²) >= 11 is 0. The van der Waals surface area contributed by atoms with Crippen molar-refractivity contribution in [2.24, 2.45) is 0 Å². The number of allylic oxidation sites excluding steroid dienone is 1. The largest absolute Gasteiger partial charge is 0.544 e. The molecule has 0 aromatic carbocycles. The van der Waals surface area contributed by atoms with Gasteiger partial charge in [-0.05, 0) is 43.6 Å². The molecule has 3 heteroatoms. The molecule has 0 rings (SSSR count). The van der Waals surface area contributed by atoms with Crippen molar-refractivity contribution in [2.45, 2.75) is 58.9 Å². The zero-order valence-corrected chi connectivity index (χ0v) is 12.7. The van der Waals surface area contributed by atoms with Crippen molar-refractivity contribution < 1.29 is 9.53 Å². The van der Waals surface area contributed by atoms with E-state index >= 15 is 0 Å². The van der Waals surface area contributed by atoms with Crippen molar-refractivity contribution in [2.75, 3.05) is 0 Å². The molecule has 0 fully saturated rings. The van der Waals surface area contributed by atoms with Crippen LogP contribution in [0, 0.1) is 0 Å². The summed E-state index contributed by atoms with van der Waals surface area (Å²) in [4.78, 5) is 0. The molecule has 0 radical (unpaired) electrons. The maximum absolute atomic E-state index is 9.27. The first-order valence-corrected chi connectivity index (χ1v) is 8.63. The lowest BCUT2D eigenvalue weighted by Gasteiger charge is -2.37. The lowest BCUT2D eigenvalue weighted by molar-refractivity contribution is 0.242. The zero-order valence-electron chi connectivity index (χ0n) is 11.7. The van der Waals surface area contributed by atoms with Gasteiger partial charge in [0.2, 0.25) is 8.32 Å². The van der Waals surface area contributed by atoms with E-state index in [9.17, 15) is 5.11 Å². The molecule has 16 heavy (non-hydrogen) atoms. The Morgan fingerprint density at radius 1 is 1.38 bits per heavy atom. The number of hydrogen-bond donors (Lipinski definition) is 1. The molecule has 0 saturated carbocycles. The van der Waals surface area contributed by atoms with Gasteiger partial charge in [0, 0.05) is 0 Å². The average molecular weight is 242 g/mol. The Labute approximate surface area is 101 Å². The van der Waals surface area contributed by atoms with Crippen LogP contribution in [0.1, 0.15) is 34.6 Å². The Morgan fingerprint density at radius 2 is 1.81 bits per heavy atom. The summed E-state index contributed by atoms with van der Waals surface area (Å²) in [6, 6.07) is 0. The van der Waals surface area contributed by atoms with E-state index in [1.54, 1.807) is 13.0 Å². The van der Waals surface area contributed by atoms with Gasteiger partial charge in [-0.15, -0.1) is 0 Å². The van der Waals surface area contributed by atoms with E-state index in [0.29, 0.717) is 5.76 Å². The van der Waals surface area contributed by atoms with Crippen molar-refractivity contribution >= 4 is 8.32 Å². The minimum Gasteiger partial charge on any atom is -0.544 e. The highest BCUT2D eigenvalue weighted by Crippen LogP contribution is 2.38. The summed E-state index contributed by atoms with van der Waals surface area (Å²) in [6.07, 6.45) is 1.30. The van der Waals surface area contributed by atoms with Crippen molar-refractivity contribution in [3.05, 3.63) is 24.0 Å². The van der Waals surface area contributed by atoms with Crippen LogP contribution in [0.15, 0.2) is 24.0 Å². The van der Waals surface area contributed by atoms with Crippen molar-refractivity contribution in [1.29, 1.82) is 0 Å². The fourth-order valence-electron chi connectivity index (χ4n) is 0.996. The molecular formula is C13H26O2Si. The van der Waals surface area contributed by atoms with Crippen molar-refractivity contribution in [3.8, 4) is 0 Å². The third-order valence-corrected chi connectivity index (χ3v) is 7.48. The van der Waals surface area contributed by atoms with Crippen LogP contribution >= 0.6 is 0 Å². The SMILES string of the molecule is C=C(O[Si](C)(C)C(C)(C)C)/C(C)=C/C(C)O. The highest BCUT2D eigenvalue weighted by Gasteiger charge is 2.39. The molecule has 1 unspecified atom stereocenters. The Morgan fingerprint density at radius 3 is 2.12 bits per heavy atom. The van der Waals surface area contributed by atoms with E-state index in [-0.39, 0.29) is 5.04 Å². The van der Waals surface area contributed by atoms with E-state index in [1.165, 1.54) is 0 Å². The van der Waals surface area contributed by atoms with E-state index in [4.69, 9.17) is 4.43 Å². The highest BCUT2D eigenvalue weighted by molar-refractivity contribution is 6.74. The molecule has 0 spiro atoms. The third-order valence-electron chi connectivity index (χ3n) is 3.12. The van der Waals surface area contributed by atoms with Crippen LogP contribution in [-0.2, 0) is 4.43 Å². The van der Waals surface area contributed by atoms with Crippen LogP contribution in [0.5, 0.6) is 0 Å². The first kappa shape index (κ1) is 15.5. The number of rotatable bonds is 4. The van der Waals surface area contributed by atoms with Crippen LogP contribution in [-0.4, -0.2) is 19.5 Å². The van der Waals surface area contributed by atoms with Crippen LogP contribution in [0.25, 0.3) is 0 Å². The fourth-order valence-corrected chi connectivity index (χ4v) is 2.08. The summed E-state index contributed by atoms with van der Waals surface area (Å²) in [7, 11) is -1.80. The molecule has 1 N–H and O–H groups in total. The van der Waals surface area contributed by atoms with Crippen LogP contribution in [0.4, 0.5) is 0 Å². The molecule has 0 amide bonds. The highest BCUT2D eigenvalue weighted by atomic mass is 28.4. The Hall–Kier alpha value is -0.543. The second-order valence-corrected chi connectivity index (χ2v) is 10.6. The monoisotopic (exact) mass is 242 g/mol. The van der Waals surface area contributed by atoms with Gasteiger partial charge in [-0.2, -0.15) is 0 Å². The standard InChI is InChI=1S/C13H26O2Si/c1-10(9-11(2)14)12(3)15-16(7,8)13(4,5)6/h9,11,14H,3H2,1-2,4-8H3/b10-9+. The fraction of sp³-hybridized carbons (Fsp3) is 0.692. The molecule has 2 nitrogen and oxygen atoms in total. The van der Waals surface area contributed by atoms with E-state index in [0.717, 1.165) is 5.57 Å². The molecule has 0 heterocycles. The minimum atomic E-state index is -1.80. The predicted molar refractivity (Wildman–Crippen MR) is 72.9 cm³/mol. The van der Waals surface area contributed by atoms with Crippen LogP contribution in [0.2, 0.25) is 18.1 Å². The molecule has 1 atom stereocenters. The zero-order chi connectivity index (χ0) is 13.1. The second kappa shape index (κ2) is 5.19. The Kier molecular flexibility index (Phi) is 5.01. The first-order chi connectivity index (χ1) is 6.97. The summed E-state index contributed by atoms with van der Waals surface area (Å²) in [5.41, 5.74) is 0.917. The molecule has 0 bridgehead atoms. The molecule has 0 aliphatic heterocycles. The van der Waals surface area contributed by atoms with Gasteiger partial charge >= 0.3 is 0 Å². The molecule has 0 aromatic heterocycles. The molecule has 0 aliphatic rings. The van der Waals surface area contributed by atoms with Gasteiger partial charge in [0.25, 0.3) is 0 Å². The summed E-state index contributed by atoms with van der Waals surface area (Å²) in [5.74, 6) is 0.687. The Bertz CT molecular complexity index is 283. The van der Waals surface area contributed by atoms with Gasteiger partial charge in [0.15, 0.2) is 0 Å². The van der Waals surface area contributed by atoms with E-state index in [2.05, 4.69) is 40.4 Å². The van der Waals surface area contributed by atoms with E-state index in [1.807, 2.05) is 6.92 Å². The van der Waals surface area contributed by atoms with Crippen molar-refractivity contribution in [3.63, 3.8) is 0 Å². The van der Waals surface area contributed by atoms with E-state index < -0.39 is 14.4 Å². The number of aliphatic hydroxyl groups excluding tert-OH is 1. The second-order valence-electron chi connectivity index (χ2n) is 5.88. The molecule has 0 aliphatic carbocycles. The maximum atomic E-state index is 9.27. The molecule has 0 saturated heterocycles. The van der Waals surface area contributed by atoms with Gasteiger partial charge in [0.1, 0.15) is 0 Å². The van der Waals surface area contributed by atoms with Crippen molar-refractivity contribution in [1.82, 2.24) is 0 Å². The lowest BCUT2D eigenvalue weighted by atomic mass is 10.2. The maximum Gasteiger partial charge on any atom is 0.250 e. The average Bonchev–Trinajstić information content (AvgIpc) is 1.99. The predicted octanol–water partition coefficient (Wildman–Crippen LogP) is 3.85. The van der Waals surface area contributed by atoms with Crippen LogP contribution < -0.4 is 0 Å². The smallest absolute Gasteiger partial charge is 0.250 e. The van der Waals surface area contributed by atoms with Gasteiger partial charge in [0.05, 0.1) is 11.9 Å². The normalized spacial score (nSPS) is 15.9. The van der Waals surface area contributed by atoms with Gasteiger partial charge in [-0.25, -0.2) is 0 Å². The topological polar surface area (TPSA) is 29.5 Å². The van der Waals surface area contributed by atoms with Gasteiger partial charge in [-0.1, -0.05) is 27.4 Å². The summed E-state index contributed by atoms with van der Waals surface area (Å²) in [6.45, 7) is 18.5. The molecule has 94 valence electrons. The minimum absolute atomic E-state index is 0.168. The Balaban J connectivity index is 4.70. The lowest BCUT2D eigenvalue weighted by Crippen LogP contribution is -2.40. The summed E-state index contributed by atoms with van der Waals surface area (Å²) < 4.78 is 6.03. The van der Waals surface area contributed by atoms with Crippen LogP contribution in [0.3, 0.4) is 0 Å².